The maximum absolute atomic E-state index is 12.7. The molecule has 204 valence electrons. The predicted octanol–water partition coefficient (Wildman–Crippen LogP) is 5.75. The van der Waals surface area contributed by atoms with Crippen molar-refractivity contribution >= 4 is 22.7 Å². The number of hydrogen-bond donors (Lipinski definition) is 3. The third-order valence-electron chi connectivity index (χ3n) is 7.46. The molecule has 1 aliphatic heterocycles. The molecule has 0 spiro atoms. The average Bonchev–Trinajstić information content (AvgIpc) is 3.58. The van der Waals surface area contributed by atoms with E-state index in [-0.39, 0.29) is 5.56 Å². The topological polar surface area (TPSA) is 108 Å². The van der Waals surface area contributed by atoms with Crippen LogP contribution in [0.15, 0.2) is 84.0 Å². The number of benzene rings is 2. The van der Waals surface area contributed by atoms with Crippen LogP contribution in [0.25, 0.3) is 22.2 Å². The van der Waals surface area contributed by atoms with Gasteiger partial charge in [-0.3, -0.25) is 19.7 Å². The summed E-state index contributed by atoms with van der Waals surface area (Å²) in [4.78, 5) is 33.9. The number of H-pyrrole nitrogens is 2. The van der Waals surface area contributed by atoms with Gasteiger partial charge in [-0.25, -0.2) is 4.79 Å². The van der Waals surface area contributed by atoms with Gasteiger partial charge in [0, 0.05) is 29.7 Å². The van der Waals surface area contributed by atoms with E-state index < -0.39 is 6.09 Å². The summed E-state index contributed by atoms with van der Waals surface area (Å²) in [5, 5.41) is 7.99. The minimum Gasteiger partial charge on any atom is -0.407 e. The molecule has 0 radical (unpaired) electrons. The molecule has 1 fully saturated rings. The normalized spacial score (nSPS) is 15.8. The van der Waals surface area contributed by atoms with Gasteiger partial charge in [-0.1, -0.05) is 42.8 Å². The Morgan fingerprint density at radius 1 is 1.07 bits per heavy atom. The van der Waals surface area contributed by atoms with Crippen LogP contribution in [0.5, 0.6) is 5.75 Å². The molecule has 6 rings (SSSR count). The number of pyridine rings is 1. The lowest BCUT2D eigenvalue weighted by Gasteiger charge is -2.33. The van der Waals surface area contributed by atoms with Crippen LogP contribution in [0.4, 0.5) is 10.5 Å². The highest BCUT2D eigenvalue weighted by Gasteiger charge is 2.18. The molecule has 9 heteroatoms. The third kappa shape index (κ3) is 5.84. The highest BCUT2D eigenvalue weighted by atomic mass is 16.6. The van der Waals surface area contributed by atoms with Crippen molar-refractivity contribution in [1.29, 1.82) is 0 Å². The van der Waals surface area contributed by atoms with E-state index in [1.807, 2.05) is 36.4 Å². The SMILES string of the molecule is C[C@H]1CCCCN1Cc1ccc2[nH]c(-c3cc(NC(=O)Oc4cnn(Cc5ccccc5)c4)c[nH]c3=O)cc2c1. The molecule has 9 nitrogen and oxygen atoms in total. The van der Waals surface area contributed by atoms with Gasteiger partial charge >= 0.3 is 6.09 Å². The molecule has 1 atom stereocenters. The molecule has 4 heterocycles. The number of carbonyl (C=O) groups excluding carboxylic acids is 1. The minimum absolute atomic E-state index is 0.255. The van der Waals surface area contributed by atoms with E-state index in [4.69, 9.17) is 4.74 Å². The first-order valence-corrected chi connectivity index (χ1v) is 13.6. The van der Waals surface area contributed by atoms with Crippen LogP contribution in [0, 0.1) is 0 Å². The fourth-order valence-corrected chi connectivity index (χ4v) is 5.31. The van der Waals surface area contributed by atoms with Gasteiger partial charge in [0.1, 0.15) is 0 Å². The first-order valence-electron chi connectivity index (χ1n) is 13.6. The molecule has 3 N–H and O–H groups in total. The van der Waals surface area contributed by atoms with E-state index in [9.17, 15) is 9.59 Å². The summed E-state index contributed by atoms with van der Waals surface area (Å²) in [6.07, 6.45) is 7.73. The molecule has 5 aromatic rings. The van der Waals surface area contributed by atoms with E-state index in [0.29, 0.717) is 35.3 Å². The van der Waals surface area contributed by atoms with Gasteiger partial charge < -0.3 is 14.7 Å². The summed E-state index contributed by atoms with van der Waals surface area (Å²) in [5.74, 6) is 0.323. The van der Waals surface area contributed by atoms with Gasteiger partial charge in [0.05, 0.1) is 35.9 Å². The van der Waals surface area contributed by atoms with Crippen molar-refractivity contribution in [3.8, 4) is 17.0 Å². The monoisotopic (exact) mass is 536 g/mol. The van der Waals surface area contributed by atoms with Gasteiger partial charge in [0.15, 0.2) is 5.75 Å². The van der Waals surface area contributed by atoms with Crippen molar-refractivity contribution in [1.82, 2.24) is 24.6 Å². The van der Waals surface area contributed by atoms with E-state index in [0.717, 1.165) is 29.6 Å². The quantitative estimate of drug-likeness (QED) is 0.245. The Bertz CT molecular complexity index is 1690. The predicted molar refractivity (Wildman–Crippen MR) is 155 cm³/mol. The third-order valence-corrected chi connectivity index (χ3v) is 7.46. The highest BCUT2D eigenvalue weighted by molar-refractivity contribution is 5.89. The van der Waals surface area contributed by atoms with Gasteiger partial charge in [0.25, 0.3) is 5.56 Å². The lowest BCUT2D eigenvalue weighted by Crippen LogP contribution is -2.36. The number of aromatic amines is 2. The molecule has 3 aromatic heterocycles. The number of likely N-dealkylation sites (tertiary alicyclic amines) is 1. The van der Waals surface area contributed by atoms with Crippen LogP contribution in [0.3, 0.4) is 0 Å². The first kappa shape index (κ1) is 25.6. The van der Waals surface area contributed by atoms with Crippen LogP contribution in [0.2, 0.25) is 0 Å². The van der Waals surface area contributed by atoms with Crippen molar-refractivity contribution in [3.05, 3.63) is 101 Å². The summed E-state index contributed by atoms with van der Waals surface area (Å²) in [7, 11) is 0. The number of rotatable bonds is 7. The highest BCUT2D eigenvalue weighted by Crippen LogP contribution is 2.26. The molecular weight excluding hydrogens is 504 g/mol. The molecular formula is C31H32N6O3. The van der Waals surface area contributed by atoms with Crippen LogP contribution < -0.4 is 15.6 Å². The Balaban J connectivity index is 1.14. The second kappa shape index (κ2) is 11.2. The van der Waals surface area contributed by atoms with E-state index in [2.05, 4.69) is 50.4 Å². The van der Waals surface area contributed by atoms with Crippen molar-refractivity contribution in [2.45, 2.75) is 45.3 Å². The maximum Gasteiger partial charge on any atom is 0.417 e. The molecule has 0 unspecified atom stereocenters. The van der Waals surface area contributed by atoms with Gasteiger partial charge in [-0.2, -0.15) is 5.10 Å². The number of nitrogens with zero attached hydrogens (tertiary/aromatic N) is 3. The summed E-state index contributed by atoms with van der Waals surface area (Å²) in [6.45, 7) is 4.92. The smallest absolute Gasteiger partial charge is 0.407 e. The number of fused-ring (bicyclic) bond motifs is 1. The molecule has 0 aliphatic carbocycles. The Hall–Kier alpha value is -4.63. The molecule has 1 saturated heterocycles. The van der Waals surface area contributed by atoms with E-state index in [1.165, 1.54) is 37.2 Å². The zero-order valence-corrected chi connectivity index (χ0v) is 22.4. The van der Waals surface area contributed by atoms with Crippen molar-refractivity contribution < 1.29 is 9.53 Å². The number of nitrogens with one attached hydrogen (secondary N) is 3. The van der Waals surface area contributed by atoms with Crippen LogP contribution in [-0.2, 0) is 13.1 Å². The Morgan fingerprint density at radius 2 is 1.95 bits per heavy atom. The number of ether oxygens (including phenoxy) is 1. The second-order valence-electron chi connectivity index (χ2n) is 10.4. The molecule has 1 amide bonds. The van der Waals surface area contributed by atoms with E-state index in [1.54, 1.807) is 16.9 Å². The van der Waals surface area contributed by atoms with Crippen molar-refractivity contribution in [3.63, 3.8) is 0 Å². The summed E-state index contributed by atoms with van der Waals surface area (Å²) >= 11 is 0. The molecule has 40 heavy (non-hydrogen) atoms. The first-order chi connectivity index (χ1) is 19.5. The van der Waals surface area contributed by atoms with Gasteiger partial charge in [0.2, 0.25) is 0 Å². The Morgan fingerprint density at radius 3 is 2.80 bits per heavy atom. The zero-order valence-electron chi connectivity index (χ0n) is 22.4. The fraction of sp³-hybridized carbons (Fsp3) is 0.258. The minimum atomic E-state index is -0.675. The molecule has 2 aromatic carbocycles. The largest absolute Gasteiger partial charge is 0.417 e. The lowest BCUT2D eigenvalue weighted by atomic mass is 10.0. The van der Waals surface area contributed by atoms with Crippen LogP contribution in [-0.4, -0.2) is 43.3 Å². The standard InChI is InChI=1S/C31H32N6O3/c1-21-7-5-6-12-36(21)18-23-10-11-28-24(13-23)14-29(35-28)27-15-25(16-32-30(27)38)34-31(39)40-26-17-33-37(20-26)19-22-8-3-2-4-9-22/h2-4,8-11,13-17,20-21,35H,5-7,12,18-19H2,1H3,(H,32,38)(H,34,39)/t21-/m0/s1. The van der Waals surface area contributed by atoms with Crippen LogP contribution in [0.1, 0.15) is 37.3 Å². The number of anilines is 1. The number of hydrogen-bond acceptors (Lipinski definition) is 5. The van der Waals surface area contributed by atoms with Crippen LogP contribution >= 0.6 is 0 Å². The molecule has 0 saturated carbocycles. The number of aromatic nitrogens is 4. The second-order valence-corrected chi connectivity index (χ2v) is 10.4. The maximum atomic E-state index is 12.7. The zero-order chi connectivity index (χ0) is 27.5. The summed E-state index contributed by atoms with van der Waals surface area (Å²) in [5.41, 5.74) is 4.56. The van der Waals surface area contributed by atoms with Gasteiger partial charge in [-0.05, 0) is 61.7 Å². The Kier molecular flexibility index (Phi) is 7.20. The van der Waals surface area contributed by atoms with Crippen molar-refractivity contribution in [2.75, 3.05) is 11.9 Å². The Labute approximate surface area is 231 Å². The van der Waals surface area contributed by atoms with E-state index >= 15 is 0 Å². The fourth-order valence-electron chi connectivity index (χ4n) is 5.31. The van der Waals surface area contributed by atoms with Crippen molar-refractivity contribution in [2.24, 2.45) is 0 Å². The number of amides is 1. The lowest BCUT2D eigenvalue weighted by molar-refractivity contribution is 0.152. The summed E-state index contributed by atoms with van der Waals surface area (Å²) < 4.78 is 7.11. The van der Waals surface area contributed by atoms with Gasteiger partial charge in [-0.15, -0.1) is 0 Å². The number of carbonyl (C=O) groups is 1. The number of piperidine rings is 1. The molecule has 0 bridgehead atoms. The summed E-state index contributed by atoms with van der Waals surface area (Å²) in [6, 6.07) is 20.5. The average molecular weight is 537 g/mol. The molecule has 1 aliphatic rings.